The Hall–Kier alpha value is -1.92. The van der Waals surface area contributed by atoms with Crippen LogP contribution in [-0.4, -0.2) is 38.5 Å². The zero-order chi connectivity index (χ0) is 13.4. The summed E-state index contributed by atoms with van der Waals surface area (Å²) in [5.41, 5.74) is 0.582. The molecule has 100 valence electrons. The van der Waals surface area contributed by atoms with Gasteiger partial charge in [0.15, 0.2) is 0 Å². The Bertz CT molecular complexity index is 403. The zero-order valence-corrected chi connectivity index (χ0v) is 10.4. The van der Waals surface area contributed by atoms with E-state index in [1.807, 2.05) is 0 Å². The molecule has 0 aliphatic rings. The lowest BCUT2D eigenvalue weighted by Crippen LogP contribution is -2.28. The number of nitrogens with zero attached hydrogens (tertiary/aromatic N) is 3. The predicted octanol–water partition coefficient (Wildman–Crippen LogP) is 0.212. The third kappa shape index (κ3) is 5.42. The summed E-state index contributed by atoms with van der Waals surface area (Å²) in [6.07, 6.45) is 3.92. The molecule has 1 rings (SSSR count). The van der Waals surface area contributed by atoms with Gasteiger partial charge in [-0.2, -0.15) is 0 Å². The molecule has 1 aromatic rings. The molecule has 0 aromatic carbocycles. The van der Waals surface area contributed by atoms with Gasteiger partial charge in [0.2, 0.25) is 5.91 Å². The first-order chi connectivity index (χ1) is 8.61. The Labute approximate surface area is 105 Å². The van der Waals surface area contributed by atoms with Crippen LogP contribution in [0.2, 0.25) is 0 Å². The molecular weight excluding hydrogens is 236 g/mol. The average Bonchev–Trinajstić information content (AvgIpc) is 2.74. The van der Waals surface area contributed by atoms with Crippen molar-refractivity contribution in [1.29, 1.82) is 0 Å². The van der Waals surface area contributed by atoms with Crippen LogP contribution < -0.4 is 5.32 Å². The van der Waals surface area contributed by atoms with Crippen molar-refractivity contribution in [2.45, 2.75) is 39.2 Å². The maximum absolute atomic E-state index is 11.5. The monoisotopic (exact) mass is 254 g/mol. The van der Waals surface area contributed by atoms with E-state index < -0.39 is 5.97 Å². The number of carboxylic acid groups (broad SMARTS) is 1. The number of aliphatic carboxylic acids is 1. The second kappa shape index (κ2) is 7.41. The molecule has 0 aliphatic carbocycles. The molecule has 1 amide bonds. The Morgan fingerprint density at radius 3 is 2.94 bits per heavy atom. The van der Waals surface area contributed by atoms with Crippen LogP contribution in [0.5, 0.6) is 0 Å². The molecule has 1 aromatic heterocycles. The van der Waals surface area contributed by atoms with Crippen LogP contribution in [0.15, 0.2) is 6.20 Å². The van der Waals surface area contributed by atoms with E-state index in [9.17, 15) is 9.59 Å². The van der Waals surface area contributed by atoms with Crippen LogP contribution in [0.4, 0.5) is 0 Å². The Morgan fingerprint density at radius 2 is 2.28 bits per heavy atom. The fourth-order valence-electron chi connectivity index (χ4n) is 1.37. The van der Waals surface area contributed by atoms with Gasteiger partial charge in [0, 0.05) is 19.2 Å². The van der Waals surface area contributed by atoms with E-state index in [-0.39, 0.29) is 18.9 Å². The van der Waals surface area contributed by atoms with E-state index in [1.54, 1.807) is 6.20 Å². The molecule has 0 saturated carbocycles. The lowest BCUT2D eigenvalue weighted by molar-refractivity contribution is -0.137. The van der Waals surface area contributed by atoms with Crippen molar-refractivity contribution in [3.05, 3.63) is 11.9 Å². The average molecular weight is 254 g/mol. The van der Waals surface area contributed by atoms with Crippen molar-refractivity contribution in [2.24, 2.45) is 0 Å². The summed E-state index contributed by atoms with van der Waals surface area (Å²) in [4.78, 5) is 21.9. The lowest BCUT2D eigenvalue weighted by atomic mass is 10.2. The van der Waals surface area contributed by atoms with Crippen molar-refractivity contribution in [3.63, 3.8) is 0 Å². The number of amides is 1. The van der Waals surface area contributed by atoms with Crippen LogP contribution in [0.25, 0.3) is 0 Å². The van der Waals surface area contributed by atoms with Crippen molar-refractivity contribution < 1.29 is 14.7 Å². The topological polar surface area (TPSA) is 97.1 Å². The van der Waals surface area contributed by atoms with Gasteiger partial charge in [-0.25, -0.2) is 4.68 Å². The highest BCUT2D eigenvalue weighted by Crippen LogP contribution is 1.98. The van der Waals surface area contributed by atoms with E-state index >= 15 is 0 Å². The van der Waals surface area contributed by atoms with Gasteiger partial charge in [0.1, 0.15) is 6.54 Å². The van der Waals surface area contributed by atoms with Crippen molar-refractivity contribution >= 4 is 11.9 Å². The van der Waals surface area contributed by atoms with Crippen molar-refractivity contribution in [3.8, 4) is 0 Å². The Balaban J connectivity index is 2.34. The van der Waals surface area contributed by atoms with Crippen LogP contribution in [0.1, 0.15) is 31.9 Å². The summed E-state index contributed by atoms with van der Waals surface area (Å²) in [5.74, 6) is -0.986. The number of carboxylic acids is 1. The van der Waals surface area contributed by atoms with Crippen LogP contribution in [0, 0.1) is 0 Å². The summed E-state index contributed by atoms with van der Waals surface area (Å²) in [7, 11) is 0. The molecule has 7 heteroatoms. The maximum Gasteiger partial charge on any atom is 0.303 e. The highest BCUT2D eigenvalue weighted by atomic mass is 16.4. The van der Waals surface area contributed by atoms with Gasteiger partial charge in [0.25, 0.3) is 0 Å². The summed E-state index contributed by atoms with van der Waals surface area (Å²) in [5, 5.41) is 18.9. The largest absolute Gasteiger partial charge is 0.481 e. The van der Waals surface area contributed by atoms with E-state index in [2.05, 4.69) is 22.6 Å². The number of nitrogens with one attached hydrogen (secondary N) is 1. The molecular formula is C11H18N4O3. The predicted molar refractivity (Wildman–Crippen MR) is 63.9 cm³/mol. The van der Waals surface area contributed by atoms with Crippen LogP contribution in [-0.2, 0) is 22.6 Å². The molecule has 0 unspecified atom stereocenters. The quantitative estimate of drug-likeness (QED) is 0.646. The third-order valence-corrected chi connectivity index (χ3v) is 2.34. The number of unbranched alkanes of at least 4 members (excludes halogenated alkanes) is 1. The number of carbonyl (C=O) groups excluding carboxylic acids is 1. The molecule has 0 radical (unpaired) electrons. The van der Waals surface area contributed by atoms with Gasteiger partial charge in [-0.3, -0.25) is 9.59 Å². The molecule has 7 nitrogen and oxygen atoms in total. The minimum Gasteiger partial charge on any atom is -0.481 e. The highest BCUT2D eigenvalue weighted by molar-refractivity contribution is 5.75. The molecule has 0 saturated heterocycles. The minimum absolute atomic E-state index is 0.0153. The number of hydrogen-bond donors (Lipinski definition) is 2. The van der Waals surface area contributed by atoms with Gasteiger partial charge in [-0.1, -0.05) is 18.6 Å². The van der Waals surface area contributed by atoms with Crippen LogP contribution >= 0.6 is 0 Å². The standard InChI is InChI=1S/C11H18N4O3/c1-2-3-6-12-10(16)8-15-7-9(13-14-15)4-5-11(17)18/h7H,2-6,8H2,1H3,(H,12,16)(H,17,18). The number of hydrogen-bond acceptors (Lipinski definition) is 4. The van der Waals surface area contributed by atoms with E-state index in [0.717, 1.165) is 12.8 Å². The van der Waals surface area contributed by atoms with Gasteiger partial charge >= 0.3 is 5.97 Å². The molecule has 1 heterocycles. The molecule has 18 heavy (non-hydrogen) atoms. The first-order valence-electron chi connectivity index (χ1n) is 5.99. The summed E-state index contributed by atoms with van der Waals surface area (Å²) < 4.78 is 1.42. The molecule has 0 fully saturated rings. The van der Waals surface area contributed by atoms with Crippen molar-refractivity contribution in [1.82, 2.24) is 20.3 Å². The summed E-state index contributed by atoms with van der Waals surface area (Å²) in [6.45, 7) is 2.83. The highest BCUT2D eigenvalue weighted by Gasteiger charge is 2.06. The van der Waals surface area contributed by atoms with E-state index in [4.69, 9.17) is 5.11 Å². The third-order valence-electron chi connectivity index (χ3n) is 2.34. The number of aryl methyl sites for hydroxylation is 1. The number of rotatable bonds is 8. The lowest BCUT2D eigenvalue weighted by Gasteiger charge is -2.03. The molecule has 0 atom stereocenters. The number of carbonyl (C=O) groups is 2. The number of aromatic nitrogens is 3. The minimum atomic E-state index is -0.873. The summed E-state index contributed by atoms with van der Waals surface area (Å²) >= 11 is 0. The van der Waals surface area contributed by atoms with Gasteiger partial charge in [-0.05, 0) is 6.42 Å². The zero-order valence-electron chi connectivity index (χ0n) is 10.4. The van der Waals surface area contributed by atoms with E-state index in [1.165, 1.54) is 4.68 Å². The Morgan fingerprint density at radius 1 is 1.50 bits per heavy atom. The fraction of sp³-hybridized carbons (Fsp3) is 0.636. The van der Waals surface area contributed by atoms with Crippen LogP contribution in [0.3, 0.4) is 0 Å². The van der Waals surface area contributed by atoms with Gasteiger partial charge < -0.3 is 10.4 Å². The van der Waals surface area contributed by atoms with Crippen molar-refractivity contribution in [2.75, 3.05) is 6.54 Å². The van der Waals surface area contributed by atoms with E-state index in [0.29, 0.717) is 18.7 Å². The second-order valence-electron chi connectivity index (χ2n) is 4.00. The molecule has 0 bridgehead atoms. The first-order valence-corrected chi connectivity index (χ1v) is 5.99. The van der Waals surface area contributed by atoms with Gasteiger partial charge in [0.05, 0.1) is 12.1 Å². The van der Waals surface area contributed by atoms with Gasteiger partial charge in [-0.15, -0.1) is 5.10 Å². The molecule has 2 N–H and O–H groups in total. The summed E-state index contributed by atoms with van der Waals surface area (Å²) in [6, 6.07) is 0. The molecule has 0 spiro atoms. The smallest absolute Gasteiger partial charge is 0.303 e. The fourth-order valence-corrected chi connectivity index (χ4v) is 1.37. The molecule has 0 aliphatic heterocycles. The maximum atomic E-state index is 11.5. The normalized spacial score (nSPS) is 10.3. The Kier molecular flexibility index (Phi) is 5.83. The second-order valence-corrected chi connectivity index (χ2v) is 4.00. The first kappa shape index (κ1) is 14.1. The SMILES string of the molecule is CCCCNC(=O)Cn1cc(CCC(=O)O)nn1.